The maximum absolute atomic E-state index is 8.93. The normalized spacial score (nSPS) is 35.8. The summed E-state index contributed by atoms with van der Waals surface area (Å²) < 4.78 is 5.10. The van der Waals surface area contributed by atoms with Crippen LogP contribution in [-0.2, 0) is 4.74 Å². The molecular weight excluding hydrogens is 116 g/mol. The predicted molar refractivity (Wildman–Crippen MR) is 35.2 cm³/mol. The average molecular weight is 128 g/mol. The topological polar surface area (TPSA) is 32.8 Å². The van der Waals surface area contributed by atoms with Crippen molar-refractivity contribution in [2.24, 2.45) is 0 Å². The lowest BCUT2D eigenvalue weighted by molar-refractivity contribution is 0.152. The molecule has 0 amide bonds. The van der Waals surface area contributed by atoms with Crippen molar-refractivity contribution in [1.82, 2.24) is 0 Å². The molecule has 1 aliphatic rings. The standard InChI is InChI=1S/C7H12O2/c1-3-4-6-7(9-6)5(2)8/h3,5-8H,1,4H2,2H3/t5?,6-,7-/m1/s1. The molecule has 0 radical (unpaired) electrons. The van der Waals surface area contributed by atoms with Gasteiger partial charge in [-0.05, 0) is 13.3 Å². The van der Waals surface area contributed by atoms with Crippen LogP contribution in [0.2, 0.25) is 0 Å². The van der Waals surface area contributed by atoms with Gasteiger partial charge >= 0.3 is 0 Å². The van der Waals surface area contributed by atoms with E-state index in [0.29, 0.717) is 0 Å². The zero-order valence-corrected chi connectivity index (χ0v) is 5.58. The molecule has 0 aromatic rings. The lowest BCUT2D eigenvalue weighted by Gasteiger charge is -1.93. The second kappa shape index (κ2) is 2.50. The smallest absolute Gasteiger partial charge is 0.110 e. The van der Waals surface area contributed by atoms with Gasteiger partial charge in [0.05, 0.1) is 12.2 Å². The molecule has 1 N–H and O–H groups in total. The summed E-state index contributed by atoms with van der Waals surface area (Å²) in [5.74, 6) is 0. The number of hydrogen-bond donors (Lipinski definition) is 1. The minimum absolute atomic E-state index is 0.0722. The van der Waals surface area contributed by atoms with Gasteiger partial charge in [0.15, 0.2) is 0 Å². The number of aliphatic hydroxyl groups excluding tert-OH is 1. The molecule has 3 atom stereocenters. The zero-order chi connectivity index (χ0) is 6.85. The Hall–Kier alpha value is -0.340. The van der Waals surface area contributed by atoms with Crippen LogP contribution in [0.5, 0.6) is 0 Å². The van der Waals surface area contributed by atoms with Crippen molar-refractivity contribution in [3.8, 4) is 0 Å². The predicted octanol–water partition coefficient (Wildman–Crippen LogP) is 0.711. The molecule has 0 aromatic heterocycles. The van der Waals surface area contributed by atoms with Crippen molar-refractivity contribution < 1.29 is 9.84 Å². The Bertz CT molecular complexity index is 109. The Balaban J connectivity index is 2.16. The van der Waals surface area contributed by atoms with Gasteiger partial charge in [-0.3, -0.25) is 0 Å². The molecule has 1 aliphatic heterocycles. The van der Waals surface area contributed by atoms with Gasteiger partial charge in [0, 0.05) is 0 Å². The van der Waals surface area contributed by atoms with Crippen LogP contribution < -0.4 is 0 Å². The van der Waals surface area contributed by atoms with Crippen LogP contribution >= 0.6 is 0 Å². The third-order valence-electron chi connectivity index (χ3n) is 1.50. The van der Waals surface area contributed by atoms with E-state index in [4.69, 9.17) is 9.84 Å². The van der Waals surface area contributed by atoms with E-state index >= 15 is 0 Å². The Morgan fingerprint density at radius 2 is 2.56 bits per heavy atom. The molecule has 1 rings (SSSR count). The van der Waals surface area contributed by atoms with Crippen molar-refractivity contribution in [2.45, 2.75) is 31.7 Å². The van der Waals surface area contributed by atoms with E-state index < -0.39 is 0 Å². The SMILES string of the molecule is C=CC[C@H]1O[C@@H]1C(C)O. The zero-order valence-electron chi connectivity index (χ0n) is 5.58. The van der Waals surface area contributed by atoms with Crippen LogP contribution in [0.1, 0.15) is 13.3 Å². The molecule has 1 heterocycles. The molecule has 0 aromatic carbocycles. The Kier molecular flexibility index (Phi) is 1.88. The third-order valence-corrected chi connectivity index (χ3v) is 1.50. The molecule has 1 saturated heterocycles. The van der Waals surface area contributed by atoms with E-state index in [1.54, 1.807) is 6.92 Å². The highest BCUT2D eigenvalue weighted by Crippen LogP contribution is 2.28. The van der Waals surface area contributed by atoms with Crippen molar-refractivity contribution in [2.75, 3.05) is 0 Å². The fraction of sp³-hybridized carbons (Fsp3) is 0.714. The van der Waals surface area contributed by atoms with E-state index in [0.717, 1.165) is 6.42 Å². The number of aliphatic hydroxyl groups is 1. The maximum atomic E-state index is 8.93. The Morgan fingerprint density at radius 3 is 2.89 bits per heavy atom. The number of ether oxygens (including phenoxy) is 1. The van der Waals surface area contributed by atoms with Gasteiger partial charge in [-0.1, -0.05) is 6.08 Å². The molecule has 52 valence electrons. The summed E-state index contributed by atoms with van der Waals surface area (Å²) in [6.45, 7) is 5.32. The molecule has 1 unspecified atom stereocenters. The summed E-state index contributed by atoms with van der Waals surface area (Å²) in [4.78, 5) is 0. The van der Waals surface area contributed by atoms with Crippen molar-refractivity contribution in [1.29, 1.82) is 0 Å². The van der Waals surface area contributed by atoms with E-state index in [1.807, 2.05) is 6.08 Å². The fourth-order valence-corrected chi connectivity index (χ4v) is 0.935. The molecule has 0 saturated carbocycles. The molecule has 0 aliphatic carbocycles. The second-order valence-electron chi connectivity index (χ2n) is 2.40. The van der Waals surface area contributed by atoms with Crippen LogP contribution in [0.15, 0.2) is 12.7 Å². The maximum Gasteiger partial charge on any atom is 0.110 e. The first-order valence-corrected chi connectivity index (χ1v) is 3.20. The highest BCUT2D eigenvalue weighted by Gasteiger charge is 2.40. The second-order valence-corrected chi connectivity index (χ2v) is 2.40. The highest BCUT2D eigenvalue weighted by molar-refractivity contribution is 4.92. The van der Waals surface area contributed by atoms with E-state index in [-0.39, 0.29) is 18.3 Å². The van der Waals surface area contributed by atoms with Crippen LogP contribution in [0.25, 0.3) is 0 Å². The lowest BCUT2D eigenvalue weighted by Crippen LogP contribution is -2.11. The van der Waals surface area contributed by atoms with Crippen LogP contribution in [0, 0.1) is 0 Å². The van der Waals surface area contributed by atoms with Gasteiger partial charge in [0.2, 0.25) is 0 Å². The highest BCUT2D eigenvalue weighted by atomic mass is 16.6. The number of epoxide rings is 1. The summed E-state index contributed by atoms with van der Waals surface area (Å²) in [7, 11) is 0. The molecule has 2 heteroatoms. The Morgan fingerprint density at radius 1 is 1.89 bits per heavy atom. The Labute approximate surface area is 55.1 Å². The summed E-state index contributed by atoms with van der Waals surface area (Å²) in [5, 5.41) is 8.93. The van der Waals surface area contributed by atoms with Gasteiger partial charge in [-0.2, -0.15) is 0 Å². The third kappa shape index (κ3) is 1.53. The van der Waals surface area contributed by atoms with Gasteiger partial charge in [0.25, 0.3) is 0 Å². The summed E-state index contributed by atoms with van der Waals surface area (Å²) in [6.07, 6.45) is 2.66. The van der Waals surface area contributed by atoms with E-state index in [1.165, 1.54) is 0 Å². The van der Waals surface area contributed by atoms with Gasteiger partial charge in [-0.15, -0.1) is 6.58 Å². The summed E-state index contributed by atoms with van der Waals surface area (Å²) in [5.41, 5.74) is 0. The molecule has 2 nitrogen and oxygen atoms in total. The fourth-order valence-electron chi connectivity index (χ4n) is 0.935. The van der Waals surface area contributed by atoms with Crippen LogP contribution in [0.3, 0.4) is 0 Å². The van der Waals surface area contributed by atoms with Gasteiger partial charge < -0.3 is 9.84 Å². The van der Waals surface area contributed by atoms with Crippen LogP contribution in [-0.4, -0.2) is 23.4 Å². The minimum atomic E-state index is -0.324. The lowest BCUT2D eigenvalue weighted by atomic mass is 10.2. The van der Waals surface area contributed by atoms with Crippen molar-refractivity contribution >= 4 is 0 Å². The average Bonchev–Trinajstić information content (AvgIpc) is 2.47. The van der Waals surface area contributed by atoms with E-state index in [9.17, 15) is 0 Å². The van der Waals surface area contributed by atoms with Crippen molar-refractivity contribution in [3.05, 3.63) is 12.7 Å². The summed E-state index contributed by atoms with van der Waals surface area (Å²) in [6, 6.07) is 0. The van der Waals surface area contributed by atoms with Gasteiger partial charge in [0.1, 0.15) is 6.10 Å². The number of hydrogen-bond acceptors (Lipinski definition) is 2. The molecule has 9 heavy (non-hydrogen) atoms. The molecule has 1 fully saturated rings. The molecular formula is C7H12O2. The monoisotopic (exact) mass is 128 g/mol. The van der Waals surface area contributed by atoms with Gasteiger partial charge in [-0.25, -0.2) is 0 Å². The largest absolute Gasteiger partial charge is 0.391 e. The molecule has 0 bridgehead atoms. The first-order valence-electron chi connectivity index (χ1n) is 3.20. The minimum Gasteiger partial charge on any atom is -0.391 e. The van der Waals surface area contributed by atoms with Crippen molar-refractivity contribution in [3.63, 3.8) is 0 Å². The molecule has 0 spiro atoms. The van der Waals surface area contributed by atoms with Crippen LogP contribution in [0.4, 0.5) is 0 Å². The first-order chi connectivity index (χ1) is 4.25. The van der Waals surface area contributed by atoms with E-state index in [2.05, 4.69) is 6.58 Å². The first kappa shape index (κ1) is 6.78. The number of rotatable bonds is 3. The quantitative estimate of drug-likeness (QED) is 0.448. The summed E-state index contributed by atoms with van der Waals surface area (Å²) >= 11 is 0.